The topological polar surface area (TPSA) is 87.7 Å². The van der Waals surface area contributed by atoms with E-state index in [2.05, 4.69) is 10.6 Å². The summed E-state index contributed by atoms with van der Waals surface area (Å²) < 4.78 is 5.73. The Bertz CT molecular complexity index is 680. The van der Waals surface area contributed by atoms with Crippen LogP contribution in [-0.2, 0) is 9.59 Å². The predicted molar refractivity (Wildman–Crippen MR) is 86.5 cm³/mol. The molecule has 3 rings (SSSR count). The van der Waals surface area contributed by atoms with E-state index in [1.54, 1.807) is 11.8 Å². The number of rotatable bonds is 3. The summed E-state index contributed by atoms with van der Waals surface area (Å²) in [5.41, 5.74) is 0.198. The third-order valence-corrected chi connectivity index (χ3v) is 4.59. The van der Waals surface area contributed by atoms with Gasteiger partial charge in [-0.25, -0.2) is 4.79 Å². The Hall–Kier alpha value is -2.57. The highest BCUT2D eigenvalue weighted by Crippen LogP contribution is 2.26. The number of benzene rings is 1. The van der Waals surface area contributed by atoms with E-state index in [1.807, 2.05) is 31.2 Å². The Kier molecular flexibility index (Phi) is 4.17. The molecule has 0 unspecified atom stereocenters. The van der Waals surface area contributed by atoms with E-state index in [4.69, 9.17) is 4.74 Å². The van der Waals surface area contributed by atoms with Crippen molar-refractivity contribution in [3.8, 4) is 5.75 Å². The maximum Gasteiger partial charge on any atom is 0.322 e. The lowest BCUT2D eigenvalue weighted by atomic mass is 9.87. The Morgan fingerprint density at radius 1 is 1.29 bits per heavy atom. The third kappa shape index (κ3) is 3.06. The monoisotopic (exact) mass is 331 g/mol. The summed E-state index contributed by atoms with van der Waals surface area (Å²) in [4.78, 5) is 37.5. The fraction of sp³-hybridized carbons (Fsp3) is 0.471. The first-order chi connectivity index (χ1) is 11.4. The van der Waals surface area contributed by atoms with Crippen LogP contribution in [0, 0.1) is 6.92 Å². The van der Waals surface area contributed by atoms with E-state index in [0.717, 1.165) is 5.56 Å². The van der Waals surface area contributed by atoms with Crippen LogP contribution in [0.4, 0.5) is 4.79 Å². The largest absolute Gasteiger partial charge is 0.481 e. The second-order valence-electron chi connectivity index (χ2n) is 6.39. The Morgan fingerprint density at radius 2 is 2.00 bits per heavy atom. The van der Waals surface area contributed by atoms with E-state index in [-0.39, 0.29) is 11.8 Å². The zero-order chi connectivity index (χ0) is 17.3. The van der Waals surface area contributed by atoms with E-state index in [9.17, 15) is 14.4 Å². The van der Waals surface area contributed by atoms with Crippen LogP contribution in [0.25, 0.3) is 0 Å². The van der Waals surface area contributed by atoms with Gasteiger partial charge in [-0.2, -0.15) is 0 Å². The molecule has 7 nitrogen and oxygen atoms in total. The van der Waals surface area contributed by atoms with Gasteiger partial charge in [0.15, 0.2) is 6.10 Å². The van der Waals surface area contributed by atoms with Crippen molar-refractivity contribution in [2.24, 2.45) is 0 Å². The molecular weight excluding hydrogens is 310 g/mol. The molecule has 0 aromatic heterocycles. The van der Waals surface area contributed by atoms with Crippen LogP contribution in [-0.4, -0.2) is 47.5 Å². The summed E-state index contributed by atoms with van der Waals surface area (Å²) in [5, 5.41) is 4.95. The van der Waals surface area contributed by atoms with E-state index >= 15 is 0 Å². The molecule has 7 heteroatoms. The van der Waals surface area contributed by atoms with E-state index < -0.39 is 17.7 Å². The van der Waals surface area contributed by atoms with Gasteiger partial charge in [0, 0.05) is 13.1 Å². The summed E-state index contributed by atoms with van der Waals surface area (Å²) in [7, 11) is 0. The highest BCUT2D eigenvalue weighted by molar-refractivity contribution is 6.07. The van der Waals surface area contributed by atoms with Crippen LogP contribution < -0.4 is 15.4 Å². The molecule has 4 amide bonds. The summed E-state index contributed by atoms with van der Waals surface area (Å²) in [6.45, 7) is 4.51. The second-order valence-corrected chi connectivity index (χ2v) is 6.39. The minimum Gasteiger partial charge on any atom is -0.481 e. The number of aryl methyl sites for hydroxylation is 1. The SMILES string of the molecule is Cc1cccc(O[C@@H](C)C(=O)N2CCC3(CC2)NC(=O)NC3=O)c1. The minimum absolute atomic E-state index is 0.115. The molecule has 2 saturated heterocycles. The second kappa shape index (κ2) is 6.14. The van der Waals surface area contributed by atoms with E-state index in [1.165, 1.54) is 0 Å². The van der Waals surface area contributed by atoms with Crippen LogP contribution in [0.15, 0.2) is 24.3 Å². The van der Waals surface area contributed by atoms with Crippen LogP contribution >= 0.6 is 0 Å². The van der Waals surface area contributed by atoms with Gasteiger partial charge in [-0.1, -0.05) is 12.1 Å². The molecule has 1 aromatic carbocycles. The number of hydrogen-bond acceptors (Lipinski definition) is 4. The number of ether oxygens (including phenoxy) is 1. The lowest BCUT2D eigenvalue weighted by Gasteiger charge is -2.37. The molecule has 0 saturated carbocycles. The standard InChI is InChI=1S/C17H21N3O4/c1-11-4-3-5-13(10-11)24-12(2)14(21)20-8-6-17(7-9-20)15(22)18-16(23)19-17/h3-5,10,12H,6-9H2,1-2H3,(H2,18,19,22,23)/t12-/m0/s1. The van der Waals surface area contributed by atoms with Crippen LogP contribution in [0.5, 0.6) is 5.75 Å². The van der Waals surface area contributed by atoms with Gasteiger partial charge in [0.1, 0.15) is 11.3 Å². The van der Waals surface area contributed by atoms with Gasteiger partial charge in [0.05, 0.1) is 0 Å². The minimum atomic E-state index is -0.867. The molecule has 0 aliphatic carbocycles. The molecule has 24 heavy (non-hydrogen) atoms. The number of amides is 4. The van der Waals surface area contributed by atoms with Crippen molar-refractivity contribution in [1.29, 1.82) is 0 Å². The van der Waals surface area contributed by atoms with Crippen molar-refractivity contribution in [1.82, 2.24) is 15.5 Å². The van der Waals surface area contributed by atoms with Crippen LogP contribution in [0.1, 0.15) is 25.3 Å². The maximum absolute atomic E-state index is 12.5. The summed E-state index contributed by atoms with van der Waals surface area (Å²) in [6, 6.07) is 7.09. The van der Waals surface area contributed by atoms with Crippen molar-refractivity contribution in [2.75, 3.05) is 13.1 Å². The zero-order valence-corrected chi connectivity index (χ0v) is 13.8. The highest BCUT2D eigenvalue weighted by atomic mass is 16.5. The summed E-state index contributed by atoms with van der Waals surface area (Å²) in [6.07, 6.45) is 0.217. The van der Waals surface area contributed by atoms with Crippen molar-refractivity contribution in [3.05, 3.63) is 29.8 Å². The smallest absolute Gasteiger partial charge is 0.322 e. The first-order valence-electron chi connectivity index (χ1n) is 8.05. The van der Waals surface area contributed by atoms with Crippen molar-refractivity contribution in [2.45, 2.75) is 38.3 Å². The number of carbonyl (C=O) groups is 3. The number of imide groups is 1. The molecule has 2 heterocycles. The van der Waals surface area contributed by atoms with Crippen LogP contribution in [0.3, 0.4) is 0 Å². The fourth-order valence-electron chi connectivity index (χ4n) is 3.19. The molecule has 0 radical (unpaired) electrons. The zero-order valence-electron chi connectivity index (χ0n) is 13.8. The Labute approximate surface area is 140 Å². The lowest BCUT2D eigenvalue weighted by Crippen LogP contribution is -2.57. The molecule has 1 atom stereocenters. The number of likely N-dealkylation sites (tertiary alicyclic amines) is 1. The normalized spacial score (nSPS) is 20.5. The highest BCUT2D eigenvalue weighted by Gasteiger charge is 2.48. The molecule has 128 valence electrons. The Balaban J connectivity index is 1.59. The van der Waals surface area contributed by atoms with Gasteiger partial charge in [-0.3, -0.25) is 14.9 Å². The number of urea groups is 1. The summed E-state index contributed by atoms with van der Waals surface area (Å²) in [5.74, 6) is 0.242. The quantitative estimate of drug-likeness (QED) is 0.808. The molecule has 0 bridgehead atoms. The molecule has 2 aliphatic heterocycles. The third-order valence-electron chi connectivity index (χ3n) is 4.59. The molecule has 1 aromatic rings. The number of carbonyl (C=O) groups excluding carboxylic acids is 3. The van der Waals surface area contributed by atoms with E-state index in [0.29, 0.717) is 31.7 Å². The average molecular weight is 331 g/mol. The van der Waals surface area contributed by atoms with Gasteiger partial charge in [-0.05, 0) is 44.4 Å². The number of nitrogens with zero attached hydrogens (tertiary/aromatic N) is 1. The fourth-order valence-corrected chi connectivity index (χ4v) is 3.19. The van der Waals surface area contributed by atoms with Crippen molar-refractivity contribution >= 4 is 17.8 Å². The Morgan fingerprint density at radius 3 is 2.58 bits per heavy atom. The van der Waals surface area contributed by atoms with Gasteiger partial charge in [-0.15, -0.1) is 0 Å². The van der Waals surface area contributed by atoms with Crippen LogP contribution in [0.2, 0.25) is 0 Å². The molecule has 2 N–H and O–H groups in total. The number of piperidine rings is 1. The first-order valence-corrected chi connectivity index (χ1v) is 8.05. The van der Waals surface area contributed by atoms with Gasteiger partial charge >= 0.3 is 6.03 Å². The average Bonchev–Trinajstić information content (AvgIpc) is 2.81. The molecular formula is C17H21N3O4. The van der Waals surface area contributed by atoms with Gasteiger partial charge in [0.2, 0.25) is 0 Å². The molecule has 2 fully saturated rings. The maximum atomic E-state index is 12.5. The van der Waals surface area contributed by atoms with Crippen molar-refractivity contribution in [3.63, 3.8) is 0 Å². The summed E-state index contributed by atoms with van der Waals surface area (Å²) >= 11 is 0. The van der Waals surface area contributed by atoms with Gasteiger partial charge < -0.3 is 15.0 Å². The number of nitrogens with one attached hydrogen (secondary N) is 2. The van der Waals surface area contributed by atoms with Gasteiger partial charge in [0.25, 0.3) is 11.8 Å². The molecule has 2 aliphatic rings. The first kappa shape index (κ1) is 16.3. The predicted octanol–water partition coefficient (Wildman–Crippen LogP) is 0.963. The lowest BCUT2D eigenvalue weighted by molar-refractivity contribution is -0.141. The number of hydrogen-bond donors (Lipinski definition) is 2. The molecule has 1 spiro atoms. The van der Waals surface area contributed by atoms with Crippen molar-refractivity contribution < 1.29 is 19.1 Å².